The molecule has 0 N–H and O–H groups in total. The van der Waals surface area contributed by atoms with E-state index in [4.69, 9.17) is 9.15 Å². The van der Waals surface area contributed by atoms with Crippen LogP contribution >= 0.6 is 11.8 Å². The third kappa shape index (κ3) is 5.00. The van der Waals surface area contributed by atoms with Gasteiger partial charge in [0.15, 0.2) is 17.9 Å². The summed E-state index contributed by atoms with van der Waals surface area (Å²) in [6.07, 6.45) is 0.875. The Balaban J connectivity index is 1.52. The summed E-state index contributed by atoms with van der Waals surface area (Å²) in [5.74, 6) is 1.96. The molecule has 0 bridgehead atoms. The van der Waals surface area contributed by atoms with Gasteiger partial charge in [0.25, 0.3) is 0 Å². The number of thioether (sulfide) groups is 1. The van der Waals surface area contributed by atoms with E-state index < -0.39 is 5.97 Å². The van der Waals surface area contributed by atoms with Crippen molar-refractivity contribution >= 4 is 28.7 Å². The van der Waals surface area contributed by atoms with Gasteiger partial charge in [0.05, 0.1) is 12.4 Å². The molecule has 0 aliphatic heterocycles. The van der Waals surface area contributed by atoms with Crippen LogP contribution in [0.25, 0.3) is 11.0 Å². The molecule has 4 nitrogen and oxygen atoms in total. The molecule has 0 saturated carbocycles. The van der Waals surface area contributed by atoms with Crippen molar-refractivity contribution in [2.75, 3.05) is 19.5 Å². The maximum atomic E-state index is 11.5. The first-order valence-electron chi connectivity index (χ1n) is 10.6. The maximum Gasteiger partial charge on any atom is 0.343 e. The van der Waals surface area contributed by atoms with Crippen LogP contribution in [0.3, 0.4) is 0 Å². The van der Waals surface area contributed by atoms with Crippen LogP contribution in [0, 0.1) is 6.92 Å². The van der Waals surface area contributed by atoms with Crippen molar-refractivity contribution in [3.05, 3.63) is 101 Å². The maximum absolute atomic E-state index is 11.5. The number of hydrogen-bond donors (Lipinski definition) is 0. The first-order chi connectivity index (χ1) is 15.7. The Morgan fingerprint density at radius 2 is 1.59 bits per heavy atom. The summed E-state index contributed by atoms with van der Waals surface area (Å²) in [4.78, 5) is 11.5. The Morgan fingerprint density at radius 1 is 0.938 bits per heavy atom. The topological polar surface area (TPSA) is 48.7 Å². The summed E-state index contributed by atoms with van der Waals surface area (Å²) < 4.78 is 16.3. The fraction of sp³-hybridized carbons (Fsp3) is 0.222. The van der Waals surface area contributed by atoms with Gasteiger partial charge in [-0.05, 0) is 36.3 Å². The third-order valence-corrected chi connectivity index (χ3v) is 6.72. The lowest BCUT2D eigenvalue weighted by molar-refractivity contribution is -0.142. The van der Waals surface area contributed by atoms with Crippen molar-refractivity contribution < 1.29 is 18.7 Å². The Labute approximate surface area is 192 Å². The number of para-hydroxylation sites is 1. The number of methoxy groups -OCH3 is 1. The van der Waals surface area contributed by atoms with E-state index in [9.17, 15) is 4.79 Å². The number of carbonyl (C=O) groups excluding carboxylic acids is 1. The van der Waals surface area contributed by atoms with Crippen molar-refractivity contribution in [2.45, 2.75) is 18.6 Å². The number of furan rings is 1. The van der Waals surface area contributed by atoms with Gasteiger partial charge in [-0.2, -0.15) is 0 Å². The van der Waals surface area contributed by atoms with E-state index in [1.807, 2.05) is 36.9 Å². The highest BCUT2D eigenvalue weighted by atomic mass is 32.2. The number of rotatable bonds is 9. The van der Waals surface area contributed by atoms with E-state index >= 15 is 0 Å². The summed E-state index contributed by atoms with van der Waals surface area (Å²) >= 11 is 1.93. The van der Waals surface area contributed by atoms with E-state index in [2.05, 4.69) is 65.4 Å². The number of benzene rings is 3. The Kier molecular flexibility index (Phi) is 7.17. The molecule has 1 heterocycles. The van der Waals surface area contributed by atoms with Crippen molar-refractivity contribution in [3.8, 4) is 5.75 Å². The zero-order chi connectivity index (χ0) is 22.3. The molecule has 0 amide bonds. The van der Waals surface area contributed by atoms with Crippen molar-refractivity contribution in [2.24, 2.45) is 0 Å². The van der Waals surface area contributed by atoms with Gasteiger partial charge >= 0.3 is 5.97 Å². The second kappa shape index (κ2) is 10.4. The van der Waals surface area contributed by atoms with Crippen molar-refractivity contribution in [1.82, 2.24) is 0 Å². The molecule has 32 heavy (non-hydrogen) atoms. The minimum absolute atomic E-state index is 0.142. The van der Waals surface area contributed by atoms with Gasteiger partial charge in [-0.3, -0.25) is 0 Å². The van der Waals surface area contributed by atoms with Gasteiger partial charge in [-0.15, -0.1) is 11.8 Å². The average molecular weight is 447 g/mol. The van der Waals surface area contributed by atoms with Crippen LogP contribution in [0.1, 0.15) is 27.7 Å². The van der Waals surface area contributed by atoms with Crippen LogP contribution < -0.4 is 4.74 Å². The predicted octanol–water partition coefficient (Wildman–Crippen LogP) is 6.36. The number of esters is 1. The Bertz CT molecular complexity index is 1130. The van der Waals surface area contributed by atoms with Gasteiger partial charge in [0, 0.05) is 10.9 Å². The lowest BCUT2D eigenvalue weighted by atomic mass is 10.0. The van der Waals surface area contributed by atoms with Crippen molar-refractivity contribution in [1.29, 1.82) is 0 Å². The zero-order valence-electron chi connectivity index (χ0n) is 18.2. The molecule has 3 aromatic carbocycles. The summed E-state index contributed by atoms with van der Waals surface area (Å²) in [6, 6.07) is 27.0. The molecule has 0 atom stereocenters. The first-order valence-corrected chi connectivity index (χ1v) is 11.6. The van der Waals surface area contributed by atoms with E-state index in [1.54, 1.807) is 0 Å². The minimum Gasteiger partial charge on any atom is -0.478 e. The highest BCUT2D eigenvalue weighted by molar-refractivity contribution is 7.99. The largest absolute Gasteiger partial charge is 0.478 e. The highest BCUT2D eigenvalue weighted by Gasteiger charge is 2.18. The van der Waals surface area contributed by atoms with E-state index in [0.717, 1.165) is 23.3 Å². The fourth-order valence-corrected chi connectivity index (χ4v) is 5.06. The standard InChI is InChI=1S/C27H26O4S/c1-19-22(23-14-9-15-24(26(23)31-19)30-18-25(28)29-2)16-17-32-27(20-10-5-3-6-11-20)21-12-7-4-8-13-21/h3-15,27H,16-18H2,1-2H3. The molecule has 0 unspecified atom stereocenters. The number of fused-ring (bicyclic) bond motifs is 1. The summed E-state index contributed by atoms with van der Waals surface area (Å²) in [5, 5.41) is 1.30. The van der Waals surface area contributed by atoms with Crippen LogP contribution in [-0.2, 0) is 16.0 Å². The number of hydrogen-bond acceptors (Lipinski definition) is 5. The molecular weight excluding hydrogens is 420 g/mol. The van der Waals surface area contributed by atoms with Gasteiger partial charge < -0.3 is 13.9 Å². The van der Waals surface area contributed by atoms with E-state index in [-0.39, 0.29) is 11.9 Å². The van der Waals surface area contributed by atoms with Gasteiger partial charge in [0.2, 0.25) is 0 Å². The van der Waals surface area contributed by atoms with E-state index in [0.29, 0.717) is 11.3 Å². The summed E-state index contributed by atoms with van der Waals surface area (Å²) in [6.45, 7) is 1.84. The molecule has 4 aromatic rings. The number of ether oxygens (including phenoxy) is 2. The van der Waals surface area contributed by atoms with Crippen LogP contribution in [0.15, 0.2) is 83.3 Å². The summed E-state index contributed by atoms with van der Waals surface area (Å²) in [7, 11) is 1.34. The van der Waals surface area contributed by atoms with E-state index in [1.165, 1.54) is 23.8 Å². The molecule has 0 radical (unpaired) electrons. The second-order valence-electron chi connectivity index (χ2n) is 7.46. The minimum atomic E-state index is -0.422. The predicted molar refractivity (Wildman–Crippen MR) is 129 cm³/mol. The highest BCUT2D eigenvalue weighted by Crippen LogP contribution is 2.38. The fourth-order valence-electron chi connectivity index (χ4n) is 3.80. The molecule has 0 fully saturated rings. The smallest absolute Gasteiger partial charge is 0.343 e. The quantitative estimate of drug-likeness (QED) is 0.280. The first kappa shape index (κ1) is 22.0. The number of aryl methyl sites for hydroxylation is 2. The molecular formula is C27H26O4S. The second-order valence-corrected chi connectivity index (χ2v) is 8.67. The monoisotopic (exact) mass is 446 g/mol. The normalized spacial score (nSPS) is 11.1. The van der Waals surface area contributed by atoms with Gasteiger partial charge in [-0.25, -0.2) is 4.79 Å². The van der Waals surface area contributed by atoms with Crippen molar-refractivity contribution in [3.63, 3.8) is 0 Å². The lowest BCUT2D eigenvalue weighted by Crippen LogP contribution is -2.12. The summed E-state index contributed by atoms with van der Waals surface area (Å²) in [5.41, 5.74) is 4.46. The Morgan fingerprint density at radius 3 is 2.22 bits per heavy atom. The number of carbonyl (C=O) groups is 1. The zero-order valence-corrected chi connectivity index (χ0v) is 19.1. The van der Waals surface area contributed by atoms with Crippen LogP contribution in [0.4, 0.5) is 0 Å². The molecule has 0 saturated heterocycles. The molecule has 0 aliphatic rings. The third-order valence-electron chi connectivity index (χ3n) is 5.40. The van der Waals surface area contributed by atoms with Crippen LogP contribution in [0.2, 0.25) is 0 Å². The van der Waals surface area contributed by atoms with Crippen LogP contribution in [0.5, 0.6) is 5.75 Å². The van der Waals surface area contributed by atoms with Gasteiger partial charge in [-0.1, -0.05) is 72.8 Å². The lowest BCUT2D eigenvalue weighted by Gasteiger charge is -2.17. The molecule has 0 aliphatic carbocycles. The molecule has 0 spiro atoms. The van der Waals surface area contributed by atoms with Gasteiger partial charge in [0.1, 0.15) is 5.76 Å². The molecule has 5 heteroatoms. The Hall–Kier alpha value is -3.18. The average Bonchev–Trinajstić information content (AvgIpc) is 3.17. The molecule has 1 aromatic heterocycles. The SMILES string of the molecule is COC(=O)COc1cccc2c(CCSC(c3ccccc3)c3ccccc3)c(C)oc12. The molecule has 164 valence electrons. The van der Waals surface area contributed by atoms with Crippen LogP contribution in [-0.4, -0.2) is 25.4 Å². The molecule has 4 rings (SSSR count).